The third-order valence-corrected chi connectivity index (χ3v) is 4.15. The summed E-state index contributed by atoms with van der Waals surface area (Å²) in [7, 11) is 0. The van der Waals surface area contributed by atoms with Crippen molar-refractivity contribution in [2.75, 3.05) is 13.1 Å². The number of hydrogen-bond acceptors (Lipinski definition) is 2. The van der Waals surface area contributed by atoms with Crippen LogP contribution < -0.4 is 5.32 Å². The quantitative estimate of drug-likeness (QED) is 0.882. The van der Waals surface area contributed by atoms with Crippen LogP contribution in [0.1, 0.15) is 62.0 Å². The maximum absolute atomic E-state index is 4.97. The number of pyridine rings is 1. The minimum Gasteiger partial charge on any atom is -0.317 e. The van der Waals surface area contributed by atoms with E-state index >= 15 is 0 Å². The van der Waals surface area contributed by atoms with E-state index < -0.39 is 0 Å². The van der Waals surface area contributed by atoms with Crippen molar-refractivity contribution in [1.29, 1.82) is 0 Å². The van der Waals surface area contributed by atoms with Gasteiger partial charge in [0.25, 0.3) is 0 Å². The van der Waals surface area contributed by atoms with E-state index in [2.05, 4.69) is 32.2 Å². The fourth-order valence-corrected chi connectivity index (χ4v) is 3.07. The molecule has 0 amide bonds. The molecule has 1 fully saturated rings. The Morgan fingerprint density at radius 3 is 2.39 bits per heavy atom. The topological polar surface area (TPSA) is 24.9 Å². The molecule has 0 unspecified atom stereocenters. The van der Waals surface area contributed by atoms with Gasteiger partial charge in [-0.05, 0) is 62.4 Å². The average molecular weight is 246 g/mol. The van der Waals surface area contributed by atoms with Crippen LogP contribution in [0.4, 0.5) is 0 Å². The molecule has 1 aliphatic rings. The molecule has 1 N–H and O–H groups in total. The van der Waals surface area contributed by atoms with E-state index in [-0.39, 0.29) is 0 Å². The van der Waals surface area contributed by atoms with Gasteiger partial charge in [-0.15, -0.1) is 0 Å². The van der Waals surface area contributed by atoms with Gasteiger partial charge in [-0.25, -0.2) is 0 Å². The summed E-state index contributed by atoms with van der Waals surface area (Å²) in [6, 6.07) is 2.38. The molecule has 0 aliphatic carbocycles. The van der Waals surface area contributed by atoms with Gasteiger partial charge < -0.3 is 5.32 Å². The molecule has 0 saturated carbocycles. The van der Waals surface area contributed by atoms with Crippen LogP contribution in [0.3, 0.4) is 0 Å². The Bertz CT molecular complexity index is 367. The second-order valence-electron chi connectivity index (χ2n) is 5.22. The van der Waals surface area contributed by atoms with Gasteiger partial charge in [0, 0.05) is 17.3 Å². The SMILES string of the molecule is CCc1cc(C2CCNCC2)nc(CC)c1CC. The maximum Gasteiger partial charge on any atom is 0.0441 e. The summed E-state index contributed by atoms with van der Waals surface area (Å²) in [4.78, 5) is 4.97. The van der Waals surface area contributed by atoms with E-state index in [1.54, 1.807) is 0 Å². The Morgan fingerprint density at radius 2 is 1.83 bits per heavy atom. The van der Waals surface area contributed by atoms with Crippen LogP contribution in [-0.4, -0.2) is 18.1 Å². The molecule has 0 aromatic carbocycles. The Balaban J connectivity index is 2.35. The van der Waals surface area contributed by atoms with E-state index in [1.165, 1.54) is 35.4 Å². The van der Waals surface area contributed by atoms with Crippen molar-refractivity contribution in [3.63, 3.8) is 0 Å². The number of nitrogens with one attached hydrogen (secondary N) is 1. The van der Waals surface area contributed by atoms with Crippen LogP contribution in [-0.2, 0) is 19.3 Å². The van der Waals surface area contributed by atoms with Gasteiger partial charge in [-0.1, -0.05) is 20.8 Å². The Morgan fingerprint density at radius 1 is 1.11 bits per heavy atom. The highest BCUT2D eigenvalue weighted by Crippen LogP contribution is 2.27. The smallest absolute Gasteiger partial charge is 0.0441 e. The molecule has 1 saturated heterocycles. The maximum atomic E-state index is 4.97. The molecule has 0 atom stereocenters. The van der Waals surface area contributed by atoms with E-state index in [9.17, 15) is 0 Å². The lowest BCUT2D eigenvalue weighted by atomic mass is 9.90. The zero-order chi connectivity index (χ0) is 13.0. The van der Waals surface area contributed by atoms with Gasteiger partial charge in [-0.3, -0.25) is 4.98 Å². The van der Waals surface area contributed by atoms with Gasteiger partial charge in [-0.2, -0.15) is 0 Å². The lowest BCUT2D eigenvalue weighted by molar-refractivity contribution is 0.452. The van der Waals surface area contributed by atoms with Crippen molar-refractivity contribution in [3.8, 4) is 0 Å². The molecule has 2 heteroatoms. The largest absolute Gasteiger partial charge is 0.317 e. The summed E-state index contributed by atoms with van der Waals surface area (Å²) in [5.41, 5.74) is 5.71. The highest BCUT2D eigenvalue weighted by Gasteiger charge is 2.19. The molecule has 2 nitrogen and oxygen atoms in total. The van der Waals surface area contributed by atoms with Crippen molar-refractivity contribution >= 4 is 0 Å². The molecule has 2 rings (SSSR count). The van der Waals surface area contributed by atoms with Crippen molar-refractivity contribution in [3.05, 3.63) is 28.6 Å². The lowest BCUT2D eigenvalue weighted by Crippen LogP contribution is -2.27. The molecular weight excluding hydrogens is 220 g/mol. The van der Waals surface area contributed by atoms with Gasteiger partial charge in [0.2, 0.25) is 0 Å². The molecule has 1 aromatic heterocycles. The fraction of sp³-hybridized carbons (Fsp3) is 0.688. The summed E-state index contributed by atoms with van der Waals surface area (Å²) in [6.07, 6.45) is 5.80. The van der Waals surface area contributed by atoms with Gasteiger partial charge in [0.05, 0.1) is 0 Å². The first-order chi connectivity index (χ1) is 8.80. The van der Waals surface area contributed by atoms with E-state index in [1.807, 2.05) is 0 Å². The zero-order valence-corrected chi connectivity index (χ0v) is 12.1. The van der Waals surface area contributed by atoms with Crippen molar-refractivity contribution in [1.82, 2.24) is 10.3 Å². The third kappa shape index (κ3) is 2.74. The fourth-order valence-electron chi connectivity index (χ4n) is 3.07. The summed E-state index contributed by atoms with van der Waals surface area (Å²) in [5.74, 6) is 0.674. The van der Waals surface area contributed by atoms with Gasteiger partial charge >= 0.3 is 0 Å². The number of hydrogen-bond donors (Lipinski definition) is 1. The van der Waals surface area contributed by atoms with E-state index in [0.29, 0.717) is 5.92 Å². The van der Waals surface area contributed by atoms with E-state index in [4.69, 9.17) is 4.98 Å². The number of nitrogens with zero attached hydrogens (tertiary/aromatic N) is 1. The summed E-state index contributed by atoms with van der Waals surface area (Å²) in [6.45, 7) is 9.03. The minimum atomic E-state index is 0.674. The van der Waals surface area contributed by atoms with Crippen LogP contribution in [0, 0.1) is 0 Å². The summed E-state index contributed by atoms with van der Waals surface area (Å²) in [5, 5.41) is 3.44. The zero-order valence-electron chi connectivity index (χ0n) is 12.1. The average Bonchev–Trinajstić information content (AvgIpc) is 2.46. The van der Waals surface area contributed by atoms with Crippen molar-refractivity contribution in [2.45, 2.75) is 58.8 Å². The van der Waals surface area contributed by atoms with Crippen LogP contribution in [0.25, 0.3) is 0 Å². The molecule has 18 heavy (non-hydrogen) atoms. The molecule has 100 valence electrons. The normalized spacial score (nSPS) is 17.1. The van der Waals surface area contributed by atoms with Crippen LogP contribution >= 0.6 is 0 Å². The second-order valence-corrected chi connectivity index (χ2v) is 5.22. The van der Waals surface area contributed by atoms with Crippen LogP contribution in [0.2, 0.25) is 0 Å². The molecule has 2 heterocycles. The summed E-state index contributed by atoms with van der Waals surface area (Å²) < 4.78 is 0. The van der Waals surface area contributed by atoms with E-state index in [0.717, 1.165) is 32.4 Å². The molecular formula is C16H26N2. The predicted molar refractivity (Wildman–Crippen MR) is 77.2 cm³/mol. The van der Waals surface area contributed by atoms with Gasteiger partial charge in [0.15, 0.2) is 0 Å². The third-order valence-electron chi connectivity index (χ3n) is 4.15. The Hall–Kier alpha value is -0.890. The number of rotatable bonds is 4. The Kier molecular flexibility index (Phi) is 4.76. The number of aryl methyl sites for hydroxylation is 2. The molecule has 0 radical (unpaired) electrons. The molecule has 0 bridgehead atoms. The van der Waals surface area contributed by atoms with Crippen molar-refractivity contribution in [2.24, 2.45) is 0 Å². The highest BCUT2D eigenvalue weighted by molar-refractivity contribution is 5.34. The first-order valence-corrected chi connectivity index (χ1v) is 7.52. The first-order valence-electron chi connectivity index (χ1n) is 7.52. The highest BCUT2D eigenvalue weighted by atomic mass is 14.9. The second kappa shape index (κ2) is 6.33. The molecule has 1 aromatic rings. The van der Waals surface area contributed by atoms with Crippen LogP contribution in [0.5, 0.6) is 0 Å². The van der Waals surface area contributed by atoms with Crippen molar-refractivity contribution < 1.29 is 0 Å². The predicted octanol–water partition coefficient (Wildman–Crippen LogP) is 3.24. The monoisotopic (exact) mass is 246 g/mol. The summed E-state index contributed by atoms with van der Waals surface area (Å²) >= 11 is 0. The molecule has 0 spiro atoms. The number of piperidine rings is 1. The number of aromatic nitrogens is 1. The van der Waals surface area contributed by atoms with Gasteiger partial charge in [0.1, 0.15) is 0 Å². The standard InChI is InChI=1S/C16H26N2/c1-4-12-11-16(13-7-9-17-10-8-13)18-15(6-3)14(12)5-2/h11,13,17H,4-10H2,1-3H3. The molecule has 1 aliphatic heterocycles. The minimum absolute atomic E-state index is 0.674. The Labute approximate surface area is 111 Å². The van der Waals surface area contributed by atoms with Crippen LogP contribution in [0.15, 0.2) is 6.07 Å². The lowest BCUT2D eigenvalue weighted by Gasteiger charge is -2.24. The first kappa shape index (κ1) is 13.5.